The van der Waals surface area contributed by atoms with E-state index in [4.69, 9.17) is 9.47 Å². The van der Waals surface area contributed by atoms with Gasteiger partial charge in [0.1, 0.15) is 5.69 Å². The molecule has 0 aromatic heterocycles. The zero-order chi connectivity index (χ0) is 15.1. The van der Waals surface area contributed by atoms with E-state index in [0.29, 0.717) is 25.4 Å². The van der Waals surface area contributed by atoms with Crippen molar-refractivity contribution in [2.75, 3.05) is 25.1 Å². The molecular weight excluding hydrogens is 272 g/mol. The number of nitro groups is 1. The molecular formula is C15H22N2O4. The van der Waals surface area contributed by atoms with Gasteiger partial charge in [0.25, 0.3) is 5.69 Å². The molecule has 0 saturated carbocycles. The average molecular weight is 294 g/mol. The lowest BCUT2D eigenvalue weighted by atomic mass is 10.1. The Hall–Kier alpha value is -1.66. The van der Waals surface area contributed by atoms with Gasteiger partial charge in [0, 0.05) is 19.2 Å². The molecule has 0 aliphatic carbocycles. The zero-order valence-corrected chi connectivity index (χ0v) is 12.3. The molecule has 1 atom stereocenters. The van der Waals surface area contributed by atoms with Crippen molar-refractivity contribution in [3.63, 3.8) is 0 Å². The third kappa shape index (κ3) is 4.68. The summed E-state index contributed by atoms with van der Waals surface area (Å²) in [7, 11) is 0. The lowest BCUT2D eigenvalue weighted by molar-refractivity contribution is -0.384. The van der Waals surface area contributed by atoms with Crippen LogP contribution in [0.3, 0.4) is 0 Å². The minimum Gasteiger partial charge on any atom is -0.380 e. The summed E-state index contributed by atoms with van der Waals surface area (Å²) < 4.78 is 11.2. The SMILES string of the molecule is CCNc1ccc(COCC2CCCCO2)cc1[N+](=O)[O-]. The third-order valence-corrected chi connectivity index (χ3v) is 3.47. The Morgan fingerprint density at radius 2 is 2.33 bits per heavy atom. The van der Waals surface area contributed by atoms with Gasteiger partial charge < -0.3 is 14.8 Å². The van der Waals surface area contributed by atoms with Crippen LogP contribution in [-0.4, -0.2) is 30.8 Å². The third-order valence-electron chi connectivity index (χ3n) is 3.47. The molecule has 1 heterocycles. The Morgan fingerprint density at radius 1 is 1.48 bits per heavy atom. The van der Waals surface area contributed by atoms with E-state index in [0.717, 1.165) is 25.0 Å². The van der Waals surface area contributed by atoms with Gasteiger partial charge in [0.2, 0.25) is 0 Å². The van der Waals surface area contributed by atoms with Crippen molar-refractivity contribution >= 4 is 11.4 Å². The van der Waals surface area contributed by atoms with Gasteiger partial charge in [-0.05, 0) is 37.8 Å². The summed E-state index contributed by atoms with van der Waals surface area (Å²) in [5, 5.41) is 14.1. The molecule has 1 unspecified atom stereocenters. The number of anilines is 1. The van der Waals surface area contributed by atoms with Crippen molar-refractivity contribution in [2.45, 2.75) is 38.9 Å². The molecule has 0 spiro atoms. The van der Waals surface area contributed by atoms with Gasteiger partial charge in [0.15, 0.2) is 0 Å². The van der Waals surface area contributed by atoms with Crippen molar-refractivity contribution in [2.24, 2.45) is 0 Å². The Balaban J connectivity index is 1.90. The van der Waals surface area contributed by atoms with E-state index in [1.807, 2.05) is 13.0 Å². The normalized spacial score (nSPS) is 18.4. The van der Waals surface area contributed by atoms with E-state index in [9.17, 15) is 10.1 Å². The van der Waals surface area contributed by atoms with Gasteiger partial charge in [-0.3, -0.25) is 10.1 Å². The molecule has 1 N–H and O–H groups in total. The second-order valence-corrected chi connectivity index (χ2v) is 5.14. The highest BCUT2D eigenvalue weighted by atomic mass is 16.6. The van der Waals surface area contributed by atoms with E-state index >= 15 is 0 Å². The van der Waals surface area contributed by atoms with Crippen molar-refractivity contribution in [3.8, 4) is 0 Å². The molecule has 0 bridgehead atoms. The van der Waals surface area contributed by atoms with Crippen LogP contribution in [-0.2, 0) is 16.1 Å². The van der Waals surface area contributed by atoms with Crippen LogP contribution >= 0.6 is 0 Å². The Labute approximate surface area is 124 Å². The molecule has 1 aliphatic heterocycles. The van der Waals surface area contributed by atoms with E-state index in [-0.39, 0.29) is 16.7 Å². The van der Waals surface area contributed by atoms with E-state index in [2.05, 4.69) is 5.32 Å². The number of rotatable bonds is 7. The van der Waals surface area contributed by atoms with Gasteiger partial charge >= 0.3 is 0 Å². The van der Waals surface area contributed by atoms with Crippen LogP contribution in [0.1, 0.15) is 31.7 Å². The molecule has 6 heteroatoms. The van der Waals surface area contributed by atoms with Crippen LogP contribution in [0.15, 0.2) is 18.2 Å². The second kappa shape index (κ2) is 7.95. The van der Waals surface area contributed by atoms with Gasteiger partial charge in [-0.25, -0.2) is 0 Å². The maximum Gasteiger partial charge on any atom is 0.292 e. The van der Waals surface area contributed by atoms with E-state index < -0.39 is 0 Å². The fourth-order valence-corrected chi connectivity index (χ4v) is 2.41. The number of nitrogens with zero attached hydrogens (tertiary/aromatic N) is 1. The molecule has 1 fully saturated rings. The predicted octanol–water partition coefficient (Wildman–Crippen LogP) is 3.11. The Morgan fingerprint density at radius 3 is 3.00 bits per heavy atom. The number of benzene rings is 1. The number of hydrogen-bond acceptors (Lipinski definition) is 5. The fraction of sp³-hybridized carbons (Fsp3) is 0.600. The molecule has 0 amide bonds. The standard InChI is InChI=1S/C15H22N2O4/c1-2-16-14-7-6-12(9-15(14)17(18)19)10-20-11-13-5-3-4-8-21-13/h6-7,9,13,16H,2-5,8,10-11H2,1H3. The fourth-order valence-electron chi connectivity index (χ4n) is 2.41. The highest BCUT2D eigenvalue weighted by Crippen LogP contribution is 2.25. The maximum absolute atomic E-state index is 11.1. The first kappa shape index (κ1) is 15.7. The van der Waals surface area contributed by atoms with Gasteiger partial charge in [0.05, 0.1) is 24.2 Å². The lowest BCUT2D eigenvalue weighted by Crippen LogP contribution is -2.24. The van der Waals surface area contributed by atoms with Crippen molar-refractivity contribution in [3.05, 3.63) is 33.9 Å². The lowest BCUT2D eigenvalue weighted by Gasteiger charge is -2.22. The smallest absolute Gasteiger partial charge is 0.292 e. The topological polar surface area (TPSA) is 73.6 Å². The summed E-state index contributed by atoms with van der Waals surface area (Å²) in [6.07, 6.45) is 3.49. The number of hydrogen-bond donors (Lipinski definition) is 1. The highest BCUT2D eigenvalue weighted by Gasteiger charge is 2.16. The number of ether oxygens (including phenoxy) is 2. The van der Waals surface area contributed by atoms with Crippen LogP contribution in [0, 0.1) is 10.1 Å². The summed E-state index contributed by atoms with van der Waals surface area (Å²) in [5.74, 6) is 0. The molecule has 2 rings (SSSR count). The maximum atomic E-state index is 11.1. The summed E-state index contributed by atoms with van der Waals surface area (Å²) in [5.41, 5.74) is 1.44. The van der Waals surface area contributed by atoms with Gasteiger partial charge in [-0.1, -0.05) is 6.07 Å². The number of nitro benzene ring substituents is 1. The highest BCUT2D eigenvalue weighted by molar-refractivity contribution is 5.62. The molecule has 1 aromatic carbocycles. The molecule has 1 aliphatic rings. The van der Waals surface area contributed by atoms with E-state index in [1.54, 1.807) is 12.1 Å². The quantitative estimate of drug-likeness (QED) is 0.618. The molecule has 116 valence electrons. The molecule has 1 aromatic rings. The Kier molecular flexibility index (Phi) is 5.95. The first-order valence-corrected chi connectivity index (χ1v) is 7.41. The minimum absolute atomic E-state index is 0.0897. The molecule has 1 saturated heterocycles. The molecule has 0 radical (unpaired) electrons. The summed E-state index contributed by atoms with van der Waals surface area (Å²) >= 11 is 0. The summed E-state index contributed by atoms with van der Waals surface area (Å²) in [4.78, 5) is 10.7. The first-order chi connectivity index (χ1) is 10.2. The summed E-state index contributed by atoms with van der Waals surface area (Å²) in [6.45, 7) is 4.27. The predicted molar refractivity (Wildman–Crippen MR) is 80.5 cm³/mol. The average Bonchev–Trinajstić information content (AvgIpc) is 2.50. The minimum atomic E-state index is -0.369. The van der Waals surface area contributed by atoms with Crippen LogP contribution < -0.4 is 5.32 Å². The zero-order valence-electron chi connectivity index (χ0n) is 12.3. The summed E-state index contributed by atoms with van der Waals surface area (Å²) in [6, 6.07) is 5.16. The first-order valence-electron chi connectivity index (χ1n) is 7.41. The van der Waals surface area contributed by atoms with Crippen LogP contribution in [0.4, 0.5) is 11.4 Å². The number of nitrogens with one attached hydrogen (secondary N) is 1. The van der Waals surface area contributed by atoms with E-state index in [1.165, 1.54) is 6.42 Å². The van der Waals surface area contributed by atoms with Gasteiger partial charge in [-0.2, -0.15) is 0 Å². The van der Waals surface area contributed by atoms with Gasteiger partial charge in [-0.15, -0.1) is 0 Å². The second-order valence-electron chi connectivity index (χ2n) is 5.14. The molecule has 6 nitrogen and oxygen atoms in total. The Bertz CT molecular complexity index is 473. The van der Waals surface area contributed by atoms with Crippen LogP contribution in [0.5, 0.6) is 0 Å². The van der Waals surface area contributed by atoms with Crippen molar-refractivity contribution in [1.82, 2.24) is 0 Å². The van der Waals surface area contributed by atoms with Crippen LogP contribution in [0.25, 0.3) is 0 Å². The largest absolute Gasteiger partial charge is 0.380 e. The van der Waals surface area contributed by atoms with Crippen molar-refractivity contribution in [1.29, 1.82) is 0 Å². The van der Waals surface area contributed by atoms with Crippen LogP contribution in [0.2, 0.25) is 0 Å². The monoisotopic (exact) mass is 294 g/mol. The van der Waals surface area contributed by atoms with Crippen molar-refractivity contribution < 1.29 is 14.4 Å². The molecule has 21 heavy (non-hydrogen) atoms.